The van der Waals surface area contributed by atoms with E-state index in [9.17, 15) is 18.0 Å². The van der Waals surface area contributed by atoms with E-state index in [1.165, 1.54) is 17.0 Å². The zero-order valence-electron chi connectivity index (χ0n) is 18.5. The Balaban J connectivity index is 1.72. The molecule has 4 rings (SSSR count). The van der Waals surface area contributed by atoms with Crippen molar-refractivity contribution in [2.24, 2.45) is 0 Å². The van der Waals surface area contributed by atoms with Crippen LogP contribution in [0.2, 0.25) is 0 Å². The van der Waals surface area contributed by atoms with Gasteiger partial charge in [-0.25, -0.2) is 8.42 Å². The third-order valence-corrected chi connectivity index (χ3v) is 8.20. The van der Waals surface area contributed by atoms with E-state index in [0.29, 0.717) is 5.69 Å². The third kappa shape index (κ3) is 4.17. The van der Waals surface area contributed by atoms with Gasteiger partial charge in [-0.05, 0) is 51.0 Å². The van der Waals surface area contributed by atoms with Crippen molar-refractivity contribution in [2.75, 3.05) is 18.0 Å². The van der Waals surface area contributed by atoms with E-state index < -0.39 is 21.5 Å². The Hall–Kier alpha value is -2.71. The van der Waals surface area contributed by atoms with Crippen LogP contribution in [0.4, 0.5) is 5.69 Å². The summed E-state index contributed by atoms with van der Waals surface area (Å²) in [5.74, 6) is -0.755. The molecule has 0 aromatic heterocycles. The first-order chi connectivity index (χ1) is 15.2. The number of hydrogen-bond donors (Lipinski definition) is 1. The zero-order chi connectivity index (χ0) is 22.9. The smallest absolute Gasteiger partial charge is 0.247 e. The van der Waals surface area contributed by atoms with Gasteiger partial charge < -0.3 is 5.32 Å². The van der Waals surface area contributed by atoms with E-state index in [1.54, 1.807) is 37.3 Å². The molecule has 1 saturated heterocycles. The second kappa shape index (κ2) is 8.67. The Morgan fingerprint density at radius 1 is 1.03 bits per heavy atom. The highest BCUT2D eigenvalue weighted by molar-refractivity contribution is 7.89. The first-order valence-corrected chi connectivity index (χ1v) is 12.4. The maximum atomic E-state index is 13.6. The van der Waals surface area contributed by atoms with Crippen LogP contribution in [0.15, 0.2) is 59.5 Å². The first-order valence-electron chi connectivity index (χ1n) is 11.0. The van der Waals surface area contributed by atoms with Crippen molar-refractivity contribution < 1.29 is 18.0 Å². The number of carbonyl (C=O) groups is 2. The topological polar surface area (TPSA) is 86.8 Å². The number of nitrogens with zero attached hydrogens (tertiary/aromatic N) is 2. The van der Waals surface area contributed by atoms with Crippen LogP contribution < -0.4 is 10.2 Å². The van der Waals surface area contributed by atoms with E-state index >= 15 is 0 Å². The van der Waals surface area contributed by atoms with E-state index in [2.05, 4.69) is 5.32 Å². The Bertz CT molecular complexity index is 1100. The first kappa shape index (κ1) is 22.5. The zero-order valence-corrected chi connectivity index (χ0v) is 19.3. The van der Waals surface area contributed by atoms with Crippen LogP contribution in [0.25, 0.3) is 0 Å². The summed E-state index contributed by atoms with van der Waals surface area (Å²) in [5, 5.41) is 3.08. The van der Waals surface area contributed by atoms with Crippen molar-refractivity contribution in [1.29, 1.82) is 0 Å². The van der Waals surface area contributed by atoms with Crippen molar-refractivity contribution in [3.63, 3.8) is 0 Å². The molecule has 0 bridgehead atoms. The molecule has 32 heavy (non-hydrogen) atoms. The van der Waals surface area contributed by atoms with Crippen LogP contribution >= 0.6 is 0 Å². The second-order valence-corrected chi connectivity index (χ2v) is 10.8. The van der Waals surface area contributed by atoms with Gasteiger partial charge in [0.15, 0.2) is 0 Å². The molecule has 8 heteroatoms. The molecule has 0 spiro atoms. The summed E-state index contributed by atoms with van der Waals surface area (Å²) in [6, 6.07) is 15.4. The van der Waals surface area contributed by atoms with Crippen LogP contribution in [0.5, 0.6) is 0 Å². The molecule has 170 valence electrons. The molecule has 1 N–H and O–H groups in total. The lowest BCUT2D eigenvalue weighted by molar-refractivity contribution is -0.133. The molecule has 1 heterocycles. The number of nitrogens with one attached hydrogen (secondary N) is 1. The highest BCUT2D eigenvalue weighted by atomic mass is 32.2. The molecule has 1 saturated carbocycles. The van der Waals surface area contributed by atoms with Gasteiger partial charge in [-0.3, -0.25) is 14.5 Å². The van der Waals surface area contributed by atoms with Crippen LogP contribution in [0, 0.1) is 6.92 Å². The SMILES string of the molecule is Cc1ccc(N2C(=O)CN(S(=O)(=O)c3ccccc3)C[C@@]2(C)C(=O)NC2CCCC2)cc1. The standard InChI is InChI=1S/C24H29N3O4S/c1-18-12-14-20(15-13-18)27-22(28)16-26(32(30,31)21-10-4-3-5-11-21)17-24(27,2)23(29)25-19-8-6-7-9-19/h3-5,10-15,19H,6-9,16-17H2,1-2H3,(H,25,29)/t24-/m0/s1. The van der Waals surface area contributed by atoms with Crippen molar-refractivity contribution in [1.82, 2.24) is 9.62 Å². The summed E-state index contributed by atoms with van der Waals surface area (Å²) in [7, 11) is -3.93. The van der Waals surface area contributed by atoms with Gasteiger partial charge in [-0.15, -0.1) is 0 Å². The van der Waals surface area contributed by atoms with E-state index in [0.717, 1.165) is 35.6 Å². The largest absolute Gasteiger partial charge is 0.351 e. The summed E-state index contributed by atoms with van der Waals surface area (Å²) in [4.78, 5) is 28.5. The van der Waals surface area contributed by atoms with E-state index in [4.69, 9.17) is 0 Å². The van der Waals surface area contributed by atoms with E-state index in [1.807, 2.05) is 19.1 Å². The molecule has 2 aliphatic rings. The Morgan fingerprint density at radius 2 is 1.66 bits per heavy atom. The number of piperazine rings is 1. The van der Waals surface area contributed by atoms with Crippen LogP contribution in [0.3, 0.4) is 0 Å². The van der Waals surface area contributed by atoms with Gasteiger partial charge in [-0.2, -0.15) is 4.31 Å². The summed E-state index contributed by atoms with van der Waals surface area (Å²) in [5.41, 5.74) is 0.236. The monoisotopic (exact) mass is 455 g/mol. The number of sulfonamides is 1. The lowest BCUT2D eigenvalue weighted by atomic mass is 9.93. The summed E-state index contributed by atoms with van der Waals surface area (Å²) < 4.78 is 27.7. The van der Waals surface area contributed by atoms with Crippen molar-refractivity contribution >= 4 is 27.5 Å². The fraction of sp³-hybridized carbons (Fsp3) is 0.417. The van der Waals surface area contributed by atoms with Gasteiger partial charge in [0, 0.05) is 18.3 Å². The molecule has 2 amide bonds. The quantitative estimate of drug-likeness (QED) is 0.751. The third-order valence-electron chi connectivity index (χ3n) is 6.39. The Morgan fingerprint density at radius 3 is 2.28 bits per heavy atom. The average molecular weight is 456 g/mol. The summed E-state index contributed by atoms with van der Waals surface area (Å²) in [6.45, 7) is 3.16. The Kier molecular flexibility index (Phi) is 6.09. The minimum Gasteiger partial charge on any atom is -0.351 e. The van der Waals surface area contributed by atoms with Gasteiger partial charge in [0.1, 0.15) is 5.54 Å². The highest BCUT2D eigenvalue weighted by Gasteiger charge is 2.51. The molecule has 2 aromatic carbocycles. The Labute approximate surface area is 189 Å². The maximum Gasteiger partial charge on any atom is 0.247 e. The second-order valence-electron chi connectivity index (χ2n) is 8.88. The highest BCUT2D eigenvalue weighted by Crippen LogP contribution is 2.33. The normalized spacial score (nSPS) is 22.8. The fourth-order valence-electron chi connectivity index (χ4n) is 4.59. The van der Waals surface area contributed by atoms with Gasteiger partial charge in [0.05, 0.1) is 11.4 Å². The number of anilines is 1. The molecule has 2 fully saturated rings. The molecule has 1 aliphatic carbocycles. The van der Waals surface area contributed by atoms with Gasteiger partial charge in [0.25, 0.3) is 0 Å². The minimum atomic E-state index is -3.93. The van der Waals surface area contributed by atoms with Crippen molar-refractivity contribution in [3.8, 4) is 0 Å². The van der Waals surface area contributed by atoms with Crippen LogP contribution in [-0.4, -0.2) is 49.2 Å². The number of hydrogen-bond acceptors (Lipinski definition) is 4. The molecule has 1 atom stereocenters. The molecular formula is C24H29N3O4S. The molecule has 7 nitrogen and oxygen atoms in total. The predicted octanol–water partition coefficient (Wildman–Crippen LogP) is 2.85. The average Bonchev–Trinajstić information content (AvgIpc) is 3.28. The van der Waals surface area contributed by atoms with Crippen LogP contribution in [-0.2, 0) is 19.6 Å². The number of amides is 2. The van der Waals surface area contributed by atoms with Crippen molar-refractivity contribution in [3.05, 3.63) is 60.2 Å². The van der Waals surface area contributed by atoms with Gasteiger partial charge in [0.2, 0.25) is 21.8 Å². The number of aryl methyl sites for hydroxylation is 1. The summed E-state index contributed by atoms with van der Waals surface area (Å²) in [6.07, 6.45) is 3.90. The van der Waals surface area contributed by atoms with Gasteiger partial charge >= 0.3 is 0 Å². The maximum absolute atomic E-state index is 13.6. The lowest BCUT2D eigenvalue weighted by Gasteiger charge is -2.47. The molecule has 0 radical (unpaired) electrons. The molecule has 2 aromatic rings. The van der Waals surface area contributed by atoms with Crippen LogP contribution in [0.1, 0.15) is 38.2 Å². The van der Waals surface area contributed by atoms with E-state index in [-0.39, 0.29) is 29.9 Å². The molecule has 0 unspecified atom stereocenters. The lowest BCUT2D eigenvalue weighted by Crippen LogP contribution is -2.70. The molecular weight excluding hydrogens is 426 g/mol. The number of rotatable bonds is 5. The van der Waals surface area contributed by atoms with Gasteiger partial charge in [-0.1, -0.05) is 48.7 Å². The summed E-state index contributed by atoms with van der Waals surface area (Å²) >= 11 is 0. The fourth-order valence-corrected chi connectivity index (χ4v) is 6.09. The minimum absolute atomic E-state index is 0.0513. The number of benzene rings is 2. The number of carbonyl (C=O) groups excluding carboxylic acids is 2. The molecule has 1 aliphatic heterocycles. The van der Waals surface area contributed by atoms with Crippen molar-refractivity contribution in [2.45, 2.75) is 56.0 Å². The predicted molar refractivity (Wildman–Crippen MR) is 123 cm³/mol.